The van der Waals surface area contributed by atoms with E-state index in [1.807, 2.05) is 41.9 Å². The highest BCUT2D eigenvalue weighted by Gasteiger charge is 2.28. The molecule has 0 spiro atoms. The lowest BCUT2D eigenvalue weighted by Crippen LogP contribution is -2.31. The maximum atomic E-state index is 12.6. The summed E-state index contributed by atoms with van der Waals surface area (Å²) in [6.07, 6.45) is 3.75. The van der Waals surface area contributed by atoms with Crippen molar-refractivity contribution in [2.75, 3.05) is 6.54 Å². The van der Waals surface area contributed by atoms with Gasteiger partial charge in [-0.1, -0.05) is 36.8 Å². The topological polar surface area (TPSA) is 59.3 Å². The van der Waals surface area contributed by atoms with Crippen molar-refractivity contribution in [1.29, 1.82) is 0 Å². The molecule has 0 saturated heterocycles. The van der Waals surface area contributed by atoms with Crippen LogP contribution in [0.4, 0.5) is 5.69 Å². The number of amides is 1. The van der Waals surface area contributed by atoms with Crippen molar-refractivity contribution in [1.82, 2.24) is 15.1 Å². The molecule has 1 aliphatic carbocycles. The summed E-state index contributed by atoms with van der Waals surface area (Å²) in [7, 11) is 0. The van der Waals surface area contributed by atoms with E-state index >= 15 is 0 Å². The molecule has 1 fully saturated rings. The molecule has 0 bridgehead atoms. The molecule has 1 aliphatic heterocycles. The van der Waals surface area contributed by atoms with E-state index < -0.39 is 0 Å². The summed E-state index contributed by atoms with van der Waals surface area (Å²) in [5, 5.41) is 7.56. The van der Waals surface area contributed by atoms with E-state index in [2.05, 4.69) is 10.4 Å². The van der Waals surface area contributed by atoms with Crippen LogP contribution in [-0.4, -0.2) is 27.9 Å². The second kappa shape index (κ2) is 5.65. The third kappa shape index (κ3) is 2.56. The molecule has 0 atom stereocenters. The van der Waals surface area contributed by atoms with Gasteiger partial charge in [-0.25, -0.2) is 4.99 Å². The van der Waals surface area contributed by atoms with E-state index in [4.69, 9.17) is 4.99 Å². The van der Waals surface area contributed by atoms with Crippen molar-refractivity contribution in [2.24, 2.45) is 10.9 Å². The number of nitrogens with one attached hydrogen (secondary N) is 1. The van der Waals surface area contributed by atoms with Gasteiger partial charge in [0.15, 0.2) is 5.69 Å². The summed E-state index contributed by atoms with van der Waals surface area (Å²) < 4.78 is 1.86. The number of benzene rings is 1. The van der Waals surface area contributed by atoms with Crippen LogP contribution in [0.1, 0.15) is 41.0 Å². The van der Waals surface area contributed by atoms with Crippen molar-refractivity contribution in [2.45, 2.75) is 32.7 Å². The zero-order valence-corrected chi connectivity index (χ0v) is 13.2. The monoisotopic (exact) mass is 308 g/mol. The Bertz CT molecular complexity index is 772. The Hall–Kier alpha value is -2.43. The Morgan fingerprint density at radius 3 is 2.74 bits per heavy atom. The van der Waals surface area contributed by atoms with Crippen LogP contribution < -0.4 is 5.32 Å². The van der Waals surface area contributed by atoms with Gasteiger partial charge in [-0.3, -0.25) is 9.48 Å². The Morgan fingerprint density at radius 1 is 1.26 bits per heavy atom. The van der Waals surface area contributed by atoms with Crippen molar-refractivity contribution >= 4 is 17.3 Å². The minimum atomic E-state index is -0.0744. The van der Waals surface area contributed by atoms with Crippen molar-refractivity contribution < 1.29 is 4.79 Å². The minimum absolute atomic E-state index is 0.0744. The molecular weight excluding hydrogens is 288 g/mol. The first kappa shape index (κ1) is 14.2. The van der Waals surface area contributed by atoms with Crippen LogP contribution in [0, 0.1) is 12.8 Å². The Labute approximate surface area is 135 Å². The molecule has 1 N–H and O–H groups in total. The lowest BCUT2D eigenvalue weighted by atomic mass is 9.85. The van der Waals surface area contributed by atoms with Gasteiger partial charge in [-0.2, -0.15) is 5.10 Å². The van der Waals surface area contributed by atoms with Crippen LogP contribution in [0.15, 0.2) is 35.3 Å². The zero-order valence-electron chi connectivity index (χ0n) is 13.2. The van der Waals surface area contributed by atoms with E-state index in [0.29, 0.717) is 18.2 Å². The number of fused-ring (bicyclic) bond motifs is 1. The lowest BCUT2D eigenvalue weighted by molar-refractivity contribution is 0.0947. The second-order valence-corrected chi connectivity index (χ2v) is 6.37. The summed E-state index contributed by atoms with van der Waals surface area (Å²) in [6.45, 7) is 3.20. The first-order chi connectivity index (χ1) is 11.2. The number of aromatic nitrogens is 2. The quantitative estimate of drug-likeness (QED) is 0.948. The summed E-state index contributed by atoms with van der Waals surface area (Å²) >= 11 is 0. The third-order valence-corrected chi connectivity index (χ3v) is 4.74. The molecule has 0 unspecified atom stereocenters. The first-order valence-corrected chi connectivity index (χ1v) is 8.21. The number of nitrogens with zero attached hydrogens (tertiary/aromatic N) is 3. The third-order valence-electron chi connectivity index (χ3n) is 4.74. The van der Waals surface area contributed by atoms with Crippen LogP contribution in [0.25, 0.3) is 0 Å². The Balaban J connectivity index is 1.76. The molecule has 1 aromatic heterocycles. The molecule has 0 radical (unpaired) electrons. The van der Waals surface area contributed by atoms with Gasteiger partial charge < -0.3 is 5.32 Å². The molecule has 118 valence electrons. The largest absolute Gasteiger partial charge is 0.345 e. The van der Waals surface area contributed by atoms with Gasteiger partial charge in [-0.15, -0.1) is 0 Å². The predicted molar refractivity (Wildman–Crippen MR) is 89.3 cm³/mol. The number of carbonyl (C=O) groups excluding carboxylic acids is 1. The van der Waals surface area contributed by atoms with E-state index in [9.17, 15) is 4.79 Å². The van der Waals surface area contributed by atoms with Crippen LogP contribution in [-0.2, 0) is 6.54 Å². The number of aliphatic imine (C=N–C) groups is 1. The van der Waals surface area contributed by atoms with E-state index in [-0.39, 0.29) is 5.91 Å². The average molecular weight is 308 g/mol. The highest BCUT2D eigenvalue weighted by Crippen LogP contribution is 2.31. The van der Waals surface area contributed by atoms with Crippen molar-refractivity contribution in [3.63, 3.8) is 0 Å². The van der Waals surface area contributed by atoms with Crippen LogP contribution in [0.5, 0.6) is 0 Å². The van der Waals surface area contributed by atoms with Gasteiger partial charge in [0, 0.05) is 6.54 Å². The summed E-state index contributed by atoms with van der Waals surface area (Å²) in [5.41, 5.74) is 4.07. The summed E-state index contributed by atoms with van der Waals surface area (Å²) in [4.78, 5) is 17.3. The molecule has 5 nitrogen and oxygen atoms in total. The standard InChI is InChI=1S/C18H20N4O/c1-12-16-17(22(21-12)11-13-6-5-7-13)18(23)19-10-15(20-16)14-8-3-2-4-9-14/h2-4,8-9,13H,5-7,10-11H2,1H3,(H,19,23). The van der Waals surface area contributed by atoms with Gasteiger partial charge in [0.05, 0.1) is 18.0 Å². The molecular formula is C18H20N4O. The van der Waals surface area contributed by atoms with Crippen LogP contribution in [0.2, 0.25) is 0 Å². The van der Waals surface area contributed by atoms with E-state index in [1.54, 1.807) is 0 Å². The van der Waals surface area contributed by atoms with Gasteiger partial charge >= 0.3 is 0 Å². The fourth-order valence-corrected chi connectivity index (χ4v) is 3.20. The average Bonchev–Trinajstić information content (AvgIpc) is 2.71. The number of hydrogen-bond acceptors (Lipinski definition) is 3. The summed E-state index contributed by atoms with van der Waals surface area (Å²) in [6, 6.07) is 9.98. The van der Waals surface area contributed by atoms with Gasteiger partial charge in [0.25, 0.3) is 5.91 Å². The molecule has 2 aromatic rings. The molecule has 2 aliphatic rings. The van der Waals surface area contributed by atoms with Crippen molar-refractivity contribution in [3.05, 3.63) is 47.3 Å². The second-order valence-electron chi connectivity index (χ2n) is 6.37. The summed E-state index contributed by atoms with van der Waals surface area (Å²) in [5.74, 6) is 0.571. The Morgan fingerprint density at radius 2 is 2.04 bits per heavy atom. The highest BCUT2D eigenvalue weighted by molar-refractivity contribution is 6.10. The smallest absolute Gasteiger partial charge is 0.272 e. The van der Waals surface area contributed by atoms with Gasteiger partial charge in [0.1, 0.15) is 5.69 Å². The fourth-order valence-electron chi connectivity index (χ4n) is 3.20. The van der Waals surface area contributed by atoms with E-state index in [1.165, 1.54) is 19.3 Å². The van der Waals surface area contributed by atoms with Gasteiger partial charge in [-0.05, 0) is 31.2 Å². The zero-order chi connectivity index (χ0) is 15.8. The molecule has 1 amide bonds. The van der Waals surface area contributed by atoms with Crippen LogP contribution in [0.3, 0.4) is 0 Å². The lowest BCUT2D eigenvalue weighted by Gasteiger charge is -2.25. The molecule has 5 heteroatoms. The van der Waals surface area contributed by atoms with Crippen molar-refractivity contribution in [3.8, 4) is 0 Å². The first-order valence-electron chi connectivity index (χ1n) is 8.21. The normalized spacial score (nSPS) is 17.8. The number of hydrogen-bond donors (Lipinski definition) is 1. The van der Waals surface area contributed by atoms with Gasteiger partial charge in [0.2, 0.25) is 0 Å². The molecule has 1 aromatic carbocycles. The SMILES string of the molecule is Cc1nn(CC2CCC2)c2c1N=C(c1ccccc1)CNC2=O. The predicted octanol–water partition coefficient (Wildman–Crippen LogP) is 2.86. The highest BCUT2D eigenvalue weighted by atomic mass is 16.2. The van der Waals surface area contributed by atoms with E-state index in [0.717, 1.165) is 29.2 Å². The molecule has 2 heterocycles. The molecule has 1 saturated carbocycles. The maximum Gasteiger partial charge on any atom is 0.272 e. The number of aryl methyl sites for hydroxylation is 1. The molecule has 23 heavy (non-hydrogen) atoms. The molecule has 4 rings (SSSR count). The number of carbonyl (C=O) groups is 1. The Kier molecular flexibility index (Phi) is 3.48. The fraction of sp³-hybridized carbons (Fsp3) is 0.389. The number of rotatable bonds is 3. The minimum Gasteiger partial charge on any atom is -0.345 e. The maximum absolute atomic E-state index is 12.6. The van der Waals surface area contributed by atoms with Crippen LogP contribution >= 0.6 is 0 Å².